The van der Waals surface area contributed by atoms with E-state index in [9.17, 15) is 23.8 Å². The smallest absolute Gasteiger partial charge is 0.275 e. The summed E-state index contributed by atoms with van der Waals surface area (Å²) in [6, 6.07) is 0. The fourth-order valence-corrected chi connectivity index (χ4v) is 6.81. The van der Waals surface area contributed by atoms with E-state index in [0.717, 1.165) is 43.3 Å². The Morgan fingerprint density at radius 2 is 1.94 bits per heavy atom. The van der Waals surface area contributed by atoms with Crippen molar-refractivity contribution in [1.82, 2.24) is 0 Å². The van der Waals surface area contributed by atoms with Crippen LogP contribution in [0.5, 0.6) is 0 Å². The minimum absolute atomic E-state index is 0.0915. The number of carbonyl (C=O) groups is 1. The second-order valence-electron chi connectivity index (χ2n) is 11.6. The first-order chi connectivity index (χ1) is 14.8. The molecule has 6 atom stereocenters. The van der Waals surface area contributed by atoms with Crippen molar-refractivity contribution in [2.45, 2.75) is 110 Å². The monoisotopic (exact) mass is 452 g/mol. The van der Waals surface area contributed by atoms with Gasteiger partial charge in [0.05, 0.1) is 6.10 Å². The van der Waals surface area contributed by atoms with Gasteiger partial charge in [-0.15, -0.1) is 0 Å². The number of halogens is 2. The predicted octanol–water partition coefficient (Wildman–Crippen LogP) is 6.24. The number of carbonyl (C=O) groups excluding carboxylic acids is 1. The van der Waals surface area contributed by atoms with Crippen molar-refractivity contribution >= 4 is 5.78 Å². The van der Waals surface area contributed by atoms with Gasteiger partial charge < -0.3 is 10.2 Å². The minimum atomic E-state index is -3.08. The highest BCUT2D eigenvalue weighted by molar-refractivity contribution is 5.84. The number of hydrogen-bond acceptors (Lipinski definition) is 3. The highest BCUT2D eigenvalue weighted by Gasteiger charge is 2.52. The molecular formula is C27H42F2O3. The number of hydrogen-bond donors (Lipinski definition) is 2. The zero-order valence-electron chi connectivity index (χ0n) is 20.5. The number of alkyl halides is 2. The van der Waals surface area contributed by atoms with Crippen LogP contribution < -0.4 is 0 Å². The number of ketones is 1. The van der Waals surface area contributed by atoms with Crippen LogP contribution in [0, 0.1) is 29.1 Å². The first-order valence-electron chi connectivity index (χ1n) is 12.4. The molecule has 0 bridgehead atoms. The molecule has 0 spiro atoms. The molecule has 3 aliphatic rings. The third-order valence-corrected chi connectivity index (χ3v) is 9.11. The Kier molecular flexibility index (Phi) is 7.42. The molecule has 2 saturated carbocycles. The number of aliphatic hydroxyl groups is 2. The molecule has 0 aromatic rings. The molecule has 3 nitrogen and oxygen atoms in total. The molecule has 2 N–H and O–H groups in total. The Morgan fingerprint density at radius 1 is 1.25 bits per heavy atom. The van der Waals surface area contributed by atoms with Gasteiger partial charge in [0.15, 0.2) is 0 Å². The second kappa shape index (κ2) is 9.29. The molecule has 0 saturated heterocycles. The van der Waals surface area contributed by atoms with Crippen LogP contribution in [-0.4, -0.2) is 33.6 Å². The number of fused-ring (bicyclic) bond motifs is 1. The molecule has 2 fully saturated rings. The van der Waals surface area contributed by atoms with Crippen molar-refractivity contribution in [2.75, 3.05) is 0 Å². The maximum Gasteiger partial charge on any atom is 0.275 e. The Bertz CT molecular complexity index is 763. The zero-order valence-corrected chi connectivity index (χ0v) is 20.5. The topological polar surface area (TPSA) is 57.5 Å². The van der Waals surface area contributed by atoms with E-state index in [1.807, 2.05) is 6.92 Å². The molecule has 0 amide bonds. The first-order valence-corrected chi connectivity index (χ1v) is 12.4. The van der Waals surface area contributed by atoms with E-state index >= 15 is 0 Å². The summed E-state index contributed by atoms with van der Waals surface area (Å²) < 4.78 is 28.7. The molecule has 0 aromatic heterocycles. The molecule has 0 heterocycles. The number of aliphatic hydroxyl groups excluding tert-OH is 1. The Balaban J connectivity index is 1.70. The van der Waals surface area contributed by atoms with Crippen LogP contribution in [0.2, 0.25) is 0 Å². The van der Waals surface area contributed by atoms with Crippen LogP contribution in [0.1, 0.15) is 92.4 Å². The van der Waals surface area contributed by atoms with Crippen LogP contribution in [0.3, 0.4) is 0 Å². The fraction of sp³-hybridized carbons (Fsp3) is 0.815. The highest BCUT2D eigenvalue weighted by Crippen LogP contribution is 2.60. The van der Waals surface area contributed by atoms with Gasteiger partial charge in [-0.3, -0.25) is 4.79 Å². The molecule has 3 rings (SSSR count). The van der Waals surface area contributed by atoms with Gasteiger partial charge >= 0.3 is 0 Å². The summed E-state index contributed by atoms with van der Waals surface area (Å²) in [5.74, 6) is -1.42. The number of allylic oxidation sites excluding steroid dienone is 3. The third-order valence-electron chi connectivity index (χ3n) is 9.11. The molecular weight excluding hydrogens is 410 g/mol. The van der Waals surface area contributed by atoms with Crippen molar-refractivity contribution in [3.05, 3.63) is 23.3 Å². The third kappa shape index (κ3) is 5.04. The van der Waals surface area contributed by atoms with Crippen molar-refractivity contribution < 1.29 is 23.8 Å². The lowest BCUT2D eigenvalue weighted by Gasteiger charge is -2.46. The fourth-order valence-electron chi connectivity index (χ4n) is 6.81. The molecule has 182 valence electrons. The van der Waals surface area contributed by atoms with Crippen LogP contribution >= 0.6 is 0 Å². The summed E-state index contributed by atoms with van der Waals surface area (Å²) in [4.78, 5) is 11.9. The van der Waals surface area contributed by atoms with Crippen molar-refractivity contribution in [1.29, 1.82) is 0 Å². The average Bonchev–Trinajstić information content (AvgIpc) is 3.04. The van der Waals surface area contributed by atoms with Crippen molar-refractivity contribution in [3.63, 3.8) is 0 Å². The van der Waals surface area contributed by atoms with Crippen LogP contribution in [0.4, 0.5) is 8.78 Å². The normalized spacial score (nSPS) is 35.5. The Hall–Kier alpha value is -1.07. The number of Topliss-reactive ketones (excluding diaryl/α,β-unsaturated/α-hetero) is 1. The lowest BCUT2D eigenvalue weighted by Crippen LogP contribution is -2.43. The van der Waals surface area contributed by atoms with E-state index in [1.165, 1.54) is 13.8 Å². The molecule has 3 aliphatic carbocycles. The molecule has 0 aromatic carbocycles. The maximum atomic E-state index is 14.3. The van der Waals surface area contributed by atoms with E-state index < -0.39 is 17.6 Å². The summed E-state index contributed by atoms with van der Waals surface area (Å²) in [6.07, 6.45) is 10.0. The van der Waals surface area contributed by atoms with E-state index in [2.05, 4.69) is 26.0 Å². The number of rotatable bonds is 7. The predicted molar refractivity (Wildman–Crippen MR) is 123 cm³/mol. The van der Waals surface area contributed by atoms with Crippen LogP contribution in [0.25, 0.3) is 0 Å². The lowest BCUT2D eigenvalue weighted by molar-refractivity contribution is -0.168. The van der Waals surface area contributed by atoms with Gasteiger partial charge in [0.2, 0.25) is 0 Å². The quantitative estimate of drug-likeness (QED) is 0.481. The Morgan fingerprint density at radius 3 is 2.59 bits per heavy atom. The van der Waals surface area contributed by atoms with Crippen molar-refractivity contribution in [3.8, 4) is 0 Å². The minimum Gasteiger partial charge on any atom is -0.388 e. The largest absolute Gasteiger partial charge is 0.388 e. The van der Waals surface area contributed by atoms with Crippen LogP contribution in [0.15, 0.2) is 23.3 Å². The van der Waals surface area contributed by atoms with E-state index in [0.29, 0.717) is 30.6 Å². The summed E-state index contributed by atoms with van der Waals surface area (Å²) in [5.41, 5.74) is 0.0150. The summed E-state index contributed by atoms with van der Waals surface area (Å²) in [5, 5.41) is 19.9. The maximum absolute atomic E-state index is 14.3. The van der Waals surface area contributed by atoms with E-state index in [1.54, 1.807) is 0 Å². The van der Waals surface area contributed by atoms with Gasteiger partial charge in [-0.1, -0.05) is 32.4 Å². The average molecular weight is 453 g/mol. The molecule has 0 radical (unpaired) electrons. The lowest BCUT2D eigenvalue weighted by atomic mass is 9.59. The van der Waals surface area contributed by atoms with Gasteiger partial charge in [0.1, 0.15) is 11.4 Å². The van der Waals surface area contributed by atoms with Crippen LogP contribution in [-0.2, 0) is 4.79 Å². The highest BCUT2D eigenvalue weighted by atomic mass is 19.3. The van der Waals surface area contributed by atoms with Gasteiger partial charge in [-0.05, 0) is 93.1 Å². The summed E-state index contributed by atoms with van der Waals surface area (Å²) in [7, 11) is 0. The van der Waals surface area contributed by atoms with Gasteiger partial charge in [-0.25, -0.2) is 8.78 Å². The Labute approximate surface area is 192 Å². The zero-order chi connectivity index (χ0) is 23.9. The molecule has 0 aliphatic heterocycles. The van der Waals surface area contributed by atoms with Crippen molar-refractivity contribution in [2.24, 2.45) is 29.1 Å². The standard InChI is InChI=1S/C27H42F2O3/c1-17(12-14-27(28,29)25(3,4)32)22-10-11-23-19(7-6-13-26(22,23)5)8-9-20-15-21(30)16-24(31)18(20)2/h8-9,17,19,22-24,31-32H,6-7,10-16H2,1-5H3/t17-,19?,22-,23+,24-,26-/m1/s1. The van der Waals surface area contributed by atoms with Gasteiger partial charge in [-0.2, -0.15) is 0 Å². The van der Waals surface area contributed by atoms with E-state index in [4.69, 9.17) is 0 Å². The van der Waals surface area contributed by atoms with Gasteiger partial charge in [0.25, 0.3) is 5.92 Å². The SMILES string of the molecule is CC1=C(C=CC2CCC[C@]3(C)[C@@H]([C@H](C)CCC(F)(F)C(C)(C)O)CC[C@@H]23)CC(=O)C[C@H]1O. The molecule has 1 unspecified atom stereocenters. The molecule has 32 heavy (non-hydrogen) atoms. The summed E-state index contributed by atoms with van der Waals surface area (Å²) >= 11 is 0. The first kappa shape index (κ1) is 25.6. The summed E-state index contributed by atoms with van der Waals surface area (Å²) in [6.45, 7) is 8.77. The second-order valence-corrected chi connectivity index (χ2v) is 11.6. The van der Waals surface area contributed by atoms with Gasteiger partial charge in [0, 0.05) is 19.3 Å². The van der Waals surface area contributed by atoms with E-state index in [-0.39, 0.29) is 30.0 Å². The molecule has 5 heteroatoms.